The van der Waals surface area contributed by atoms with Gasteiger partial charge in [0.15, 0.2) is 0 Å². The van der Waals surface area contributed by atoms with Gasteiger partial charge in [0.25, 0.3) is 0 Å². The van der Waals surface area contributed by atoms with Crippen molar-refractivity contribution in [2.75, 3.05) is 6.26 Å². The highest BCUT2D eigenvalue weighted by Crippen LogP contribution is 2.37. The fraction of sp³-hybridized carbons (Fsp3) is 0.308. The molecular weight excluding hydrogens is 312 g/mol. The van der Waals surface area contributed by atoms with Crippen LogP contribution in [-0.4, -0.2) is 24.8 Å². The zero-order chi connectivity index (χ0) is 14.3. The lowest BCUT2D eigenvalue weighted by atomic mass is 10.1. The minimum atomic E-state index is -3.35. The number of rotatable bonds is 3. The van der Waals surface area contributed by atoms with Crippen LogP contribution in [0.5, 0.6) is 0 Å². The Kier molecular flexibility index (Phi) is 3.43. The molecular formula is C13H14N2O2S3. The highest BCUT2D eigenvalue weighted by atomic mass is 32.2. The third kappa shape index (κ3) is 2.53. The van der Waals surface area contributed by atoms with E-state index in [2.05, 4.69) is 5.10 Å². The second-order valence-corrected chi connectivity index (χ2v) is 8.84. The first-order valence-electron chi connectivity index (χ1n) is 6.12. The molecule has 2 aromatic rings. The van der Waals surface area contributed by atoms with Crippen molar-refractivity contribution in [2.45, 2.75) is 19.4 Å². The molecule has 0 amide bonds. The molecule has 1 aliphatic rings. The van der Waals surface area contributed by atoms with E-state index < -0.39 is 10.0 Å². The molecule has 0 fully saturated rings. The molecule has 106 valence electrons. The lowest BCUT2D eigenvalue weighted by molar-refractivity contribution is 0.379. The van der Waals surface area contributed by atoms with Crippen molar-refractivity contribution >= 4 is 38.4 Å². The van der Waals surface area contributed by atoms with Gasteiger partial charge in [-0.25, -0.2) is 8.42 Å². The summed E-state index contributed by atoms with van der Waals surface area (Å²) >= 11 is 3.21. The average Bonchev–Trinajstić information content (AvgIpc) is 3.06. The molecule has 7 heteroatoms. The maximum absolute atomic E-state index is 11.9. The third-order valence-corrected chi connectivity index (χ3v) is 6.15. The minimum absolute atomic E-state index is 0.206. The Morgan fingerprint density at radius 2 is 2.15 bits per heavy atom. The second-order valence-electron chi connectivity index (χ2n) is 4.73. The predicted molar refractivity (Wildman–Crippen MR) is 84.0 cm³/mol. The van der Waals surface area contributed by atoms with Crippen LogP contribution >= 0.6 is 22.7 Å². The first kappa shape index (κ1) is 13.8. The number of hydrazone groups is 1. The van der Waals surface area contributed by atoms with Crippen LogP contribution in [0.3, 0.4) is 0 Å². The van der Waals surface area contributed by atoms with Crippen LogP contribution in [0.4, 0.5) is 0 Å². The molecule has 20 heavy (non-hydrogen) atoms. The summed E-state index contributed by atoms with van der Waals surface area (Å²) in [5, 5.41) is 6.32. The smallest absolute Gasteiger partial charge is 0.205 e. The summed E-state index contributed by atoms with van der Waals surface area (Å²) < 4.78 is 25.1. The van der Waals surface area contributed by atoms with E-state index in [1.54, 1.807) is 22.7 Å². The predicted octanol–water partition coefficient (Wildman–Crippen LogP) is 3.23. The van der Waals surface area contributed by atoms with Crippen molar-refractivity contribution in [1.82, 2.24) is 4.41 Å². The highest BCUT2D eigenvalue weighted by Gasteiger charge is 2.35. The first-order valence-corrected chi connectivity index (χ1v) is 9.66. The van der Waals surface area contributed by atoms with Gasteiger partial charge in [-0.05, 0) is 30.5 Å². The molecule has 0 bridgehead atoms. The average molecular weight is 326 g/mol. The van der Waals surface area contributed by atoms with E-state index >= 15 is 0 Å². The van der Waals surface area contributed by atoms with Crippen molar-refractivity contribution < 1.29 is 8.42 Å². The van der Waals surface area contributed by atoms with Gasteiger partial charge in [0.2, 0.25) is 10.0 Å². The summed E-state index contributed by atoms with van der Waals surface area (Å²) in [6, 6.07) is 7.74. The van der Waals surface area contributed by atoms with Crippen molar-refractivity contribution in [3.63, 3.8) is 0 Å². The quantitative estimate of drug-likeness (QED) is 0.869. The van der Waals surface area contributed by atoms with E-state index in [4.69, 9.17) is 0 Å². The Labute approximate surface area is 126 Å². The zero-order valence-electron chi connectivity index (χ0n) is 11.1. The lowest BCUT2D eigenvalue weighted by Crippen LogP contribution is -2.25. The topological polar surface area (TPSA) is 49.7 Å². The normalized spacial score (nSPS) is 19.4. The Bertz CT molecular complexity index is 744. The molecule has 1 atom stereocenters. The van der Waals surface area contributed by atoms with E-state index in [1.165, 1.54) is 15.5 Å². The summed E-state index contributed by atoms with van der Waals surface area (Å²) in [6.07, 6.45) is 1.84. The second kappa shape index (κ2) is 4.98. The number of thiophene rings is 2. The molecule has 0 unspecified atom stereocenters. The molecule has 1 aliphatic heterocycles. The third-order valence-electron chi connectivity index (χ3n) is 3.11. The Morgan fingerprint density at radius 1 is 1.35 bits per heavy atom. The van der Waals surface area contributed by atoms with E-state index in [0.29, 0.717) is 6.42 Å². The largest absolute Gasteiger partial charge is 0.247 e. The Balaban J connectivity index is 2.00. The van der Waals surface area contributed by atoms with Crippen LogP contribution < -0.4 is 0 Å². The maximum Gasteiger partial charge on any atom is 0.247 e. The number of sulfonamides is 1. The standard InChI is InChI=1S/C13H14N2O2S3/c1-9-5-6-12(19-9)10-8-11(13-4-3-7-18-13)15(14-10)20(2,16)17/h3-7,11H,8H2,1-2H3/t11-/m1/s1. The molecule has 0 radical (unpaired) electrons. The van der Waals surface area contributed by atoms with Crippen LogP contribution in [0.2, 0.25) is 0 Å². The van der Waals surface area contributed by atoms with Crippen LogP contribution in [0.25, 0.3) is 0 Å². The SMILES string of the molecule is Cc1ccc(C2=NN(S(C)(=O)=O)[C@@H](c3cccs3)C2)s1. The maximum atomic E-state index is 11.9. The van der Waals surface area contributed by atoms with Crippen molar-refractivity contribution in [3.8, 4) is 0 Å². The number of aryl methyl sites for hydroxylation is 1. The summed E-state index contributed by atoms with van der Waals surface area (Å²) in [5.74, 6) is 0. The number of hydrogen-bond acceptors (Lipinski definition) is 5. The summed E-state index contributed by atoms with van der Waals surface area (Å²) in [6.45, 7) is 2.04. The van der Waals surface area contributed by atoms with Gasteiger partial charge in [-0.3, -0.25) is 0 Å². The van der Waals surface area contributed by atoms with E-state index in [0.717, 1.165) is 15.5 Å². The molecule has 3 heterocycles. The molecule has 3 rings (SSSR count). The van der Waals surface area contributed by atoms with Gasteiger partial charge >= 0.3 is 0 Å². The van der Waals surface area contributed by atoms with Gasteiger partial charge < -0.3 is 0 Å². The molecule has 2 aromatic heterocycles. The van der Waals surface area contributed by atoms with Crippen molar-refractivity contribution in [1.29, 1.82) is 0 Å². The fourth-order valence-corrected chi connectivity index (χ4v) is 4.86. The summed E-state index contributed by atoms with van der Waals surface area (Å²) in [5.41, 5.74) is 0.854. The first-order chi connectivity index (χ1) is 9.45. The van der Waals surface area contributed by atoms with E-state index in [-0.39, 0.29) is 6.04 Å². The van der Waals surface area contributed by atoms with Crippen molar-refractivity contribution in [2.24, 2.45) is 5.10 Å². The molecule has 0 N–H and O–H groups in total. The molecule has 0 saturated carbocycles. The fourth-order valence-electron chi connectivity index (χ4n) is 2.23. The summed E-state index contributed by atoms with van der Waals surface area (Å²) in [4.78, 5) is 3.28. The van der Waals surface area contributed by atoms with Crippen molar-refractivity contribution in [3.05, 3.63) is 44.3 Å². The van der Waals surface area contributed by atoms with E-state index in [1.807, 2.05) is 36.6 Å². The minimum Gasteiger partial charge on any atom is -0.205 e. The van der Waals surface area contributed by atoms with Gasteiger partial charge in [-0.1, -0.05) is 6.07 Å². The summed E-state index contributed by atoms with van der Waals surface area (Å²) in [7, 11) is -3.35. The van der Waals surface area contributed by atoms with Crippen LogP contribution in [0, 0.1) is 6.92 Å². The van der Waals surface area contributed by atoms with Crippen LogP contribution in [0.1, 0.15) is 27.1 Å². The molecule has 0 aliphatic carbocycles. The molecule has 0 aromatic carbocycles. The number of nitrogens with zero attached hydrogens (tertiary/aromatic N) is 2. The zero-order valence-corrected chi connectivity index (χ0v) is 13.6. The Hall–Kier alpha value is -1.18. The highest BCUT2D eigenvalue weighted by molar-refractivity contribution is 7.88. The number of hydrogen-bond donors (Lipinski definition) is 0. The van der Waals surface area contributed by atoms with Gasteiger partial charge in [0.05, 0.1) is 16.8 Å². The Morgan fingerprint density at radius 3 is 2.70 bits per heavy atom. The van der Waals surface area contributed by atoms with Gasteiger partial charge in [-0.15, -0.1) is 22.7 Å². The van der Waals surface area contributed by atoms with Crippen LogP contribution in [-0.2, 0) is 10.0 Å². The van der Waals surface area contributed by atoms with E-state index in [9.17, 15) is 8.42 Å². The molecule has 0 spiro atoms. The van der Waals surface area contributed by atoms with Gasteiger partial charge in [-0.2, -0.15) is 9.52 Å². The molecule has 4 nitrogen and oxygen atoms in total. The van der Waals surface area contributed by atoms with Gasteiger partial charge in [0.1, 0.15) is 6.04 Å². The monoisotopic (exact) mass is 326 g/mol. The molecule has 0 saturated heterocycles. The van der Waals surface area contributed by atoms with Crippen LogP contribution in [0.15, 0.2) is 34.7 Å². The lowest BCUT2D eigenvalue weighted by Gasteiger charge is -2.19. The van der Waals surface area contributed by atoms with Gasteiger partial charge in [0, 0.05) is 16.2 Å².